The van der Waals surface area contributed by atoms with Crippen molar-refractivity contribution in [2.45, 2.75) is 65.6 Å². The van der Waals surface area contributed by atoms with Gasteiger partial charge in [0.25, 0.3) is 0 Å². The maximum Gasteiger partial charge on any atom is 0.416 e. The first-order valence-electron chi connectivity index (χ1n) is 11.2. The monoisotopic (exact) mass is 468 g/mol. The third-order valence-corrected chi connectivity index (χ3v) is 4.58. The van der Waals surface area contributed by atoms with Gasteiger partial charge in [0, 0.05) is 24.7 Å². The van der Waals surface area contributed by atoms with Crippen LogP contribution in [0.25, 0.3) is 16.8 Å². The number of rotatable bonds is 6. The van der Waals surface area contributed by atoms with Crippen LogP contribution < -0.4 is 4.90 Å². The van der Waals surface area contributed by atoms with E-state index in [1.807, 2.05) is 26.8 Å². The molecule has 0 saturated heterocycles. The number of benzene rings is 1. The molecule has 1 amide bonds. The number of carbonyl (C=O) groups excluding carboxylic acids is 2. The van der Waals surface area contributed by atoms with Crippen molar-refractivity contribution in [3.63, 3.8) is 0 Å². The van der Waals surface area contributed by atoms with Crippen molar-refractivity contribution in [3.05, 3.63) is 42.7 Å². The zero-order valence-electron chi connectivity index (χ0n) is 20.5. The van der Waals surface area contributed by atoms with E-state index >= 15 is 0 Å². The molecule has 0 bridgehead atoms. The Morgan fingerprint density at radius 1 is 1.06 bits per heavy atom. The van der Waals surface area contributed by atoms with Crippen LogP contribution in [0, 0.1) is 0 Å². The Bertz CT molecular complexity index is 1170. The van der Waals surface area contributed by atoms with E-state index in [0.717, 1.165) is 5.56 Å². The zero-order valence-corrected chi connectivity index (χ0v) is 20.5. The quantitative estimate of drug-likeness (QED) is 0.509. The van der Waals surface area contributed by atoms with E-state index in [1.165, 1.54) is 4.90 Å². The van der Waals surface area contributed by atoms with Gasteiger partial charge in [-0.15, -0.1) is 0 Å². The molecule has 0 aliphatic rings. The summed E-state index contributed by atoms with van der Waals surface area (Å²) in [5.41, 5.74) is 0.695. The first kappa shape index (κ1) is 25.0. The number of amides is 1. The molecule has 0 fully saturated rings. The lowest BCUT2D eigenvalue weighted by Gasteiger charge is -2.27. The molecule has 9 heteroatoms. The number of nitrogens with zero attached hydrogens (tertiary/aromatic N) is 4. The normalized spacial score (nSPS) is 11.9. The molecule has 182 valence electrons. The van der Waals surface area contributed by atoms with Gasteiger partial charge in [-0.2, -0.15) is 5.10 Å². The number of aromatic nitrogens is 3. The maximum atomic E-state index is 13.0. The minimum absolute atomic E-state index is 0.130. The first-order valence-corrected chi connectivity index (χ1v) is 11.2. The van der Waals surface area contributed by atoms with Crippen molar-refractivity contribution < 1.29 is 24.2 Å². The third-order valence-electron chi connectivity index (χ3n) is 4.58. The fourth-order valence-electron chi connectivity index (χ4n) is 3.28. The van der Waals surface area contributed by atoms with Gasteiger partial charge in [-0.1, -0.05) is 12.1 Å². The molecule has 3 aromatic rings. The molecular weight excluding hydrogens is 436 g/mol. The second-order valence-corrected chi connectivity index (χ2v) is 9.98. The largest absolute Gasteiger partial charge is 0.508 e. The Labute approximate surface area is 199 Å². The molecule has 0 saturated carbocycles. The predicted molar refractivity (Wildman–Crippen MR) is 129 cm³/mol. The van der Waals surface area contributed by atoms with E-state index < -0.39 is 17.3 Å². The molecule has 2 heterocycles. The van der Waals surface area contributed by atoms with Crippen molar-refractivity contribution in [1.29, 1.82) is 0 Å². The summed E-state index contributed by atoms with van der Waals surface area (Å²) in [7, 11) is 0. The molecular formula is C25H32N4O5. The second-order valence-electron chi connectivity index (χ2n) is 9.98. The molecule has 0 unspecified atom stereocenters. The topological polar surface area (TPSA) is 106 Å². The summed E-state index contributed by atoms with van der Waals surface area (Å²) in [4.78, 5) is 31.3. The summed E-state index contributed by atoms with van der Waals surface area (Å²) in [6.45, 7) is 11.0. The first-order chi connectivity index (χ1) is 15.8. The molecule has 0 radical (unpaired) electrons. The van der Waals surface area contributed by atoms with Gasteiger partial charge < -0.3 is 14.6 Å². The van der Waals surface area contributed by atoms with Gasteiger partial charge in [-0.25, -0.2) is 14.3 Å². The Morgan fingerprint density at radius 2 is 1.76 bits per heavy atom. The Hall–Kier alpha value is -3.62. The molecule has 0 atom stereocenters. The molecule has 1 N–H and O–H groups in total. The summed E-state index contributed by atoms with van der Waals surface area (Å²) in [6, 6.07) is 8.46. The number of anilines is 1. The van der Waals surface area contributed by atoms with Gasteiger partial charge in [-0.05, 0) is 71.7 Å². The van der Waals surface area contributed by atoms with Crippen LogP contribution >= 0.6 is 0 Å². The fraction of sp³-hybridized carbons (Fsp3) is 0.440. The van der Waals surface area contributed by atoms with Crippen LogP contribution in [0.4, 0.5) is 10.6 Å². The van der Waals surface area contributed by atoms with Gasteiger partial charge in [0.05, 0.1) is 6.20 Å². The Kier molecular flexibility index (Phi) is 7.14. The van der Waals surface area contributed by atoms with E-state index in [4.69, 9.17) is 9.47 Å². The number of fused-ring (bicyclic) bond motifs is 1. The maximum absolute atomic E-state index is 13.0. The van der Waals surface area contributed by atoms with Gasteiger partial charge in [0.15, 0.2) is 5.65 Å². The summed E-state index contributed by atoms with van der Waals surface area (Å²) < 4.78 is 12.6. The fourth-order valence-corrected chi connectivity index (χ4v) is 3.28. The average molecular weight is 469 g/mol. The standard InChI is InChI=1S/C25H32N4O5/c1-24(2,3)33-21(31)11-8-13-28(23(32)34-25(4,5)6)20-12-14-29-22(27-20)19(16-26-29)17-9-7-10-18(30)15-17/h7,9-10,12,14-16,30H,8,11,13H2,1-6H3. The number of hydrogen-bond acceptors (Lipinski definition) is 7. The highest BCUT2D eigenvalue weighted by atomic mass is 16.6. The SMILES string of the molecule is CC(C)(C)OC(=O)CCCN(C(=O)OC(C)(C)C)c1ccn2ncc(-c3cccc(O)c3)c2n1. The summed E-state index contributed by atoms with van der Waals surface area (Å²) in [5.74, 6) is 0.167. The van der Waals surface area contributed by atoms with E-state index in [9.17, 15) is 14.7 Å². The molecule has 0 spiro atoms. The van der Waals surface area contributed by atoms with E-state index in [0.29, 0.717) is 23.4 Å². The molecule has 3 rings (SSSR count). The van der Waals surface area contributed by atoms with Crippen LogP contribution in [0.15, 0.2) is 42.7 Å². The van der Waals surface area contributed by atoms with Gasteiger partial charge in [0.2, 0.25) is 0 Å². The lowest BCUT2D eigenvalue weighted by Crippen LogP contribution is -2.38. The second kappa shape index (κ2) is 9.70. The van der Waals surface area contributed by atoms with E-state index in [-0.39, 0.29) is 24.7 Å². The number of phenols is 1. The van der Waals surface area contributed by atoms with Crippen LogP contribution in [0.1, 0.15) is 54.4 Å². The highest BCUT2D eigenvalue weighted by molar-refractivity contribution is 5.88. The van der Waals surface area contributed by atoms with Gasteiger partial charge >= 0.3 is 12.1 Å². The summed E-state index contributed by atoms with van der Waals surface area (Å²) in [6.07, 6.45) is 3.32. The molecule has 0 aliphatic carbocycles. The average Bonchev–Trinajstić information content (AvgIpc) is 3.11. The smallest absolute Gasteiger partial charge is 0.416 e. The number of ether oxygens (including phenoxy) is 2. The lowest BCUT2D eigenvalue weighted by atomic mass is 10.1. The van der Waals surface area contributed by atoms with Crippen molar-refractivity contribution in [2.24, 2.45) is 0 Å². The number of esters is 1. The highest BCUT2D eigenvalue weighted by Gasteiger charge is 2.25. The number of carbonyl (C=O) groups is 2. The van der Waals surface area contributed by atoms with Crippen molar-refractivity contribution in [3.8, 4) is 16.9 Å². The van der Waals surface area contributed by atoms with E-state index in [2.05, 4.69) is 10.1 Å². The van der Waals surface area contributed by atoms with Crippen LogP contribution in [-0.4, -0.2) is 49.5 Å². The van der Waals surface area contributed by atoms with Crippen molar-refractivity contribution >= 4 is 23.5 Å². The Morgan fingerprint density at radius 3 is 2.41 bits per heavy atom. The summed E-state index contributed by atoms with van der Waals surface area (Å²) >= 11 is 0. The lowest BCUT2D eigenvalue weighted by molar-refractivity contribution is -0.154. The minimum atomic E-state index is -0.700. The summed E-state index contributed by atoms with van der Waals surface area (Å²) in [5, 5.41) is 14.2. The number of phenolic OH excluding ortho intramolecular Hbond substituents is 1. The molecule has 0 aliphatic heterocycles. The Balaban J connectivity index is 1.90. The van der Waals surface area contributed by atoms with Crippen LogP contribution in [0.3, 0.4) is 0 Å². The van der Waals surface area contributed by atoms with Gasteiger partial charge in [-0.3, -0.25) is 9.69 Å². The van der Waals surface area contributed by atoms with Crippen molar-refractivity contribution in [1.82, 2.24) is 14.6 Å². The molecule has 1 aromatic carbocycles. The van der Waals surface area contributed by atoms with Crippen molar-refractivity contribution in [2.75, 3.05) is 11.4 Å². The molecule has 9 nitrogen and oxygen atoms in total. The van der Waals surface area contributed by atoms with Gasteiger partial charge in [0.1, 0.15) is 22.8 Å². The number of aromatic hydroxyl groups is 1. The molecule has 2 aromatic heterocycles. The zero-order chi connectivity index (χ0) is 25.1. The number of hydrogen-bond donors (Lipinski definition) is 1. The third kappa shape index (κ3) is 6.69. The van der Waals surface area contributed by atoms with E-state index in [1.54, 1.807) is 61.9 Å². The highest BCUT2D eigenvalue weighted by Crippen LogP contribution is 2.28. The molecule has 34 heavy (non-hydrogen) atoms. The van der Waals surface area contributed by atoms with Crippen LogP contribution in [0.5, 0.6) is 5.75 Å². The van der Waals surface area contributed by atoms with Crippen LogP contribution in [-0.2, 0) is 14.3 Å². The minimum Gasteiger partial charge on any atom is -0.508 e. The van der Waals surface area contributed by atoms with Crippen LogP contribution in [0.2, 0.25) is 0 Å². The predicted octanol–water partition coefficient (Wildman–Crippen LogP) is 4.97.